The molecule has 0 fully saturated rings. The van der Waals surface area contributed by atoms with E-state index in [1.54, 1.807) is 16.8 Å². The number of nitrogens with one attached hydrogen (secondary N) is 2. The fraction of sp³-hybridized carbons (Fsp3) is 0.316. The largest absolute Gasteiger partial charge is 0.309 e. The van der Waals surface area contributed by atoms with Crippen molar-refractivity contribution >= 4 is 34.9 Å². The smallest absolute Gasteiger partial charge is 0.230 e. The van der Waals surface area contributed by atoms with E-state index in [1.165, 1.54) is 0 Å². The molecule has 0 saturated carbocycles. The van der Waals surface area contributed by atoms with Gasteiger partial charge in [0.1, 0.15) is 0 Å². The van der Waals surface area contributed by atoms with Crippen LogP contribution in [-0.4, -0.2) is 25.9 Å². The number of halogens is 2. The van der Waals surface area contributed by atoms with Crippen molar-refractivity contribution in [3.8, 4) is 5.69 Å². The predicted octanol–water partition coefficient (Wildman–Crippen LogP) is 4.82. The zero-order chi connectivity index (χ0) is 19.7. The van der Waals surface area contributed by atoms with Crippen molar-refractivity contribution in [3.63, 3.8) is 0 Å². The molecule has 0 unspecified atom stereocenters. The number of rotatable bonds is 5. The van der Waals surface area contributed by atoms with Crippen LogP contribution in [0.3, 0.4) is 0 Å². The van der Waals surface area contributed by atoms with Crippen LogP contribution in [0.1, 0.15) is 42.4 Å². The number of aromatic nitrogens is 4. The van der Waals surface area contributed by atoms with Crippen molar-refractivity contribution in [2.75, 3.05) is 5.32 Å². The summed E-state index contributed by atoms with van der Waals surface area (Å²) >= 11 is 12.3. The van der Waals surface area contributed by atoms with Gasteiger partial charge in [-0.15, -0.1) is 0 Å². The molecule has 2 N–H and O–H groups in total. The average Bonchev–Trinajstić information content (AvgIpc) is 3.15. The van der Waals surface area contributed by atoms with Gasteiger partial charge in [0, 0.05) is 28.0 Å². The first-order valence-corrected chi connectivity index (χ1v) is 9.37. The summed E-state index contributed by atoms with van der Waals surface area (Å²) in [6.45, 7) is 7.91. The maximum Gasteiger partial charge on any atom is 0.230 e. The van der Waals surface area contributed by atoms with Crippen molar-refractivity contribution in [3.05, 3.63) is 57.0 Å². The molecular formula is C19H21Cl2N5O. The normalized spacial score (nSPS) is 11.2. The molecule has 142 valence electrons. The molecular weight excluding hydrogens is 385 g/mol. The lowest BCUT2D eigenvalue weighted by Crippen LogP contribution is -2.15. The minimum atomic E-state index is -0.148. The number of nitrogens with zero attached hydrogens (tertiary/aromatic N) is 3. The van der Waals surface area contributed by atoms with E-state index in [9.17, 15) is 4.79 Å². The van der Waals surface area contributed by atoms with Crippen LogP contribution in [0.4, 0.5) is 5.82 Å². The summed E-state index contributed by atoms with van der Waals surface area (Å²) in [7, 11) is 0. The third-order valence-electron chi connectivity index (χ3n) is 4.40. The Morgan fingerprint density at radius 1 is 1.26 bits per heavy atom. The van der Waals surface area contributed by atoms with Crippen LogP contribution in [-0.2, 0) is 11.2 Å². The number of hydrogen-bond donors (Lipinski definition) is 2. The highest BCUT2D eigenvalue weighted by molar-refractivity contribution is 6.35. The Morgan fingerprint density at radius 2 is 2.00 bits per heavy atom. The van der Waals surface area contributed by atoms with E-state index in [2.05, 4.69) is 34.5 Å². The molecule has 8 heteroatoms. The second-order valence-electron chi connectivity index (χ2n) is 6.75. The summed E-state index contributed by atoms with van der Waals surface area (Å²) in [5.74, 6) is 0.687. The Bertz CT molecular complexity index is 990. The molecule has 0 spiro atoms. The van der Waals surface area contributed by atoms with Crippen LogP contribution >= 0.6 is 23.2 Å². The van der Waals surface area contributed by atoms with Crippen LogP contribution in [0.5, 0.6) is 0 Å². The number of hydrogen-bond acceptors (Lipinski definition) is 3. The number of aryl methyl sites for hydroxylation is 1. The van der Waals surface area contributed by atoms with Crippen LogP contribution in [0.15, 0.2) is 24.3 Å². The monoisotopic (exact) mass is 405 g/mol. The van der Waals surface area contributed by atoms with Crippen molar-refractivity contribution in [2.24, 2.45) is 0 Å². The van der Waals surface area contributed by atoms with E-state index in [0.717, 1.165) is 28.3 Å². The van der Waals surface area contributed by atoms with Gasteiger partial charge in [-0.3, -0.25) is 9.89 Å². The van der Waals surface area contributed by atoms with Gasteiger partial charge in [0.15, 0.2) is 5.82 Å². The van der Waals surface area contributed by atoms with E-state index >= 15 is 0 Å². The van der Waals surface area contributed by atoms with E-state index in [-0.39, 0.29) is 12.3 Å². The van der Waals surface area contributed by atoms with E-state index in [1.807, 2.05) is 26.0 Å². The van der Waals surface area contributed by atoms with Crippen LogP contribution in [0.2, 0.25) is 10.0 Å². The number of aromatic amines is 1. The van der Waals surface area contributed by atoms with E-state index < -0.39 is 0 Å². The highest BCUT2D eigenvalue weighted by atomic mass is 35.5. The molecule has 3 rings (SSSR count). The van der Waals surface area contributed by atoms with Gasteiger partial charge in [-0.2, -0.15) is 10.2 Å². The Morgan fingerprint density at radius 3 is 2.63 bits per heavy atom. The molecule has 3 aromatic rings. The third kappa shape index (κ3) is 4.17. The summed E-state index contributed by atoms with van der Waals surface area (Å²) in [4.78, 5) is 12.5. The number of carbonyl (C=O) groups excluding carboxylic acids is 1. The van der Waals surface area contributed by atoms with Crippen LogP contribution < -0.4 is 5.32 Å². The number of carbonyl (C=O) groups is 1. The first-order valence-electron chi connectivity index (χ1n) is 8.62. The number of H-pyrrole nitrogens is 1. The lowest BCUT2D eigenvalue weighted by molar-refractivity contribution is -0.115. The lowest BCUT2D eigenvalue weighted by atomic mass is 10.1. The number of amides is 1. The molecule has 1 amide bonds. The Labute approximate surface area is 167 Å². The molecule has 2 aromatic heterocycles. The highest BCUT2D eigenvalue weighted by Gasteiger charge is 2.18. The summed E-state index contributed by atoms with van der Waals surface area (Å²) in [5, 5.41) is 15.5. The van der Waals surface area contributed by atoms with Crippen LogP contribution in [0, 0.1) is 13.8 Å². The van der Waals surface area contributed by atoms with Gasteiger partial charge < -0.3 is 5.32 Å². The molecule has 0 radical (unpaired) electrons. The first-order chi connectivity index (χ1) is 12.8. The molecule has 0 aliphatic carbocycles. The number of anilines is 1. The molecule has 27 heavy (non-hydrogen) atoms. The van der Waals surface area contributed by atoms with Gasteiger partial charge >= 0.3 is 0 Å². The van der Waals surface area contributed by atoms with Gasteiger partial charge in [-0.25, -0.2) is 4.68 Å². The van der Waals surface area contributed by atoms with Gasteiger partial charge in [-0.05, 0) is 38.0 Å². The molecule has 6 nitrogen and oxygen atoms in total. The van der Waals surface area contributed by atoms with Crippen molar-refractivity contribution < 1.29 is 4.79 Å². The summed E-state index contributed by atoms with van der Waals surface area (Å²) in [6.07, 6.45) is 0.201. The van der Waals surface area contributed by atoms with E-state index in [0.29, 0.717) is 21.8 Å². The second kappa shape index (κ2) is 7.74. The fourth-order valence-corrected chi connectivity index (χ4v) is 3.35. The molecule has 0 aliphatic heterocycles. The summed E-state index contributed by atoms with van der Waals surface area (Å²) in [6, 6.07) is 7.09. The Hall–Kier alpha value is -2.31. The molecule has 0 bridgehead atoms. The quantitative estimate of drug-likeness (QED) is 0.638. The van der Waals surface area contributed by atoms with E-state index in [4.69, 9.17) is 23.2 Å². The first kappa shape index (κ1) is 19.5. The predicted molar refractivity (Wildman–Crippen MR) is 108 cm³/mol. The maximum atomic E-state index is 12.5. The maximum absolute atomic E-state index is 12.5. The molecule has 1 aromatic carbocycles. The topological polar surface area (TPSA) is 75.6 Å². The Kier molecular flexibility index (Phi) is 5.58. The van der Waals surface area contributed by atoms with Gasteiger partial charge in [0.05, 0.1) is 22.8 Å². The average molecular weight is 406 g/mol. The zero-order valence-electron chi connectivity index (χ0n) is 15.6. The molecule has 2 heterocycles. The highest BCUT2D eigenvalue weighted by Crippen LogP contribution is 2.27. The molecule has 0 saturated heterocycles. The van der Waals surface area contributed by atoms with Crippen molar-refractivity contribution in [1.82, 2.24) is 20.0 Å². The molecule has 0 atom stereocenters. The summed E-state index contributed by atoms with van der Waals surface area (Å²) < 4.78 is 1.74. The SMILES string of the molecule is Cc1nn(-c2ccc(Cl)cc2Cl)c(C)c1CC(=O)Nc1cc(C(C)C)[nH]n1. The third-order valence-corrected chi connectivity index (χ3v) is 4.94. The minimum Gasteiger partial charge on any atom is -0.309 e. The lowest BCUT2D eigenvalue weighted by Gasteiger charge is -2.08. The Balaban J connectivity index is 1.81. The standard InChI is InChI=1S/C19H21Cl2N5O/c1-10(2)16-9-18(24-23-16)22-19(27)8-14-11(3)25-26(12(14)4)17-6-5-13(20)7-15(17)21/h5-7,9-10H,8H2,1-4H3,(H2,22,23,24,27). The molecule has 0 aliphatic rings. The number of benzene rings is 1. The van der Waals surface area contributed by atoms with Crippen LogP contribution in [0.25, 0.3) is 5.69 Å². The van der Waals surface area contributed by atoms with Gasteiger partial charge in [-0.1, -0.05) is 37.0 Å². The van der Waals surface area contributed by atoms with Crippen molar-refractivity contribution in [2.45, 2.75) is 40.0 Å². The van der Waals surface area contributed by atoms with Gasteiger partial charge in [0.2, 0.25) is 5.91 Å². The zero-order valence-corrected chi connectivity index (χ0v) is 17.1. The van der Waals surface area contributed by atoms with Gasteiger partial charge in [0.25, 0.3) is 0 Å². The second-order valence-corrected chi connectivity index (χ2v) is 7.59. The fourth-order valence-electron chi connectivity index (χ4n) is 2.86. The summed E-state index contributed by atoms with van der Waals surface area (Å²) in [5.41, 5.74) is 4.19. The minimum absolute atomic E-state index is 0.148. The van der Waals surface area contributed by atoms with Crippen molar-refractivity contribution in [1.29, 1.82) is 0 Å².